The van der Waals surface area contributed by atoms with Gasteiger partial charge in [-0.05, 0) is 57.3 Å². The van der Waals surface area contributed by atoms with Gasteiger partial charge in [0.15, 0.2) is 11.5 Å². The number of urea groups is 1. The number of carbonyl (C=O) groups is 1. The second-order valence-corrected chi connectivity index (χ2v) is 6.84. The summed E-state index contributed by atoms with van der Waals surface area (Å²) in [4.78, 5) is 18.8. The summed E-state index contributed by atoms with van der Waals surface area (Å²) in [7, 11) is 3.89. The number of nitrogens with one attached hydrogen (secondary N) is 2. The van der Waals surface area contributed by atoms with Crippen LogP contribution >= 0.6 is 0 Å². The van der Waals surface area contributed by atoms with E-state index < -0.39 is 0 Å². The zero-order chi connectivity index (χ0) is 18.1. The second kappa shape index (κ2) is 6.84. The van der Waals surface area contributed by atoms with E-state index in [0.717, 1.165) is 35.6 Å². The number of hydrogen-bond donors (Lipinski definition) is 2. The van der Waals surface area contributed by atoms with E-state index in [1.54, 1.807) is 6.26 Å². The third-order valence-corrected chi connectivity index (χ3v) is 4.54. The number of carbonyl (C=O) groups excluding carboxylic acids is 1. The Morgan fingerprint density at radius 3 is 2.88 bits per heavy atom. The van der Waals surface area contributed by atoms with Crippen molar-refractivity contribution in [2.45, 2.75) is 24.8 Å². The molecule has 1 aliphatic rings. The number of benzene rings is 1. The van der Waals surface area contributed by atoms with Crippen LogP contribution in [0.15, 0.2) is 45.4 Å². The molecular weight excluding hydrogens is 332 g/mol. The van der Waals surface area contributed by atoms with Gasteiger partial charge in [0.25, 0.3) is 0 Å². The number of furan rings is 1. The van der Waals surface area contributed by atoms with E-state index in [9.17, 15) is 4.79 Å². The van der Waals surface area contributed by atoms with Crippen molar-refractivity contribution in [3.8, 4) is 0 Å². The van der Waals surface area contributed by atoms with Crippen molar-refractivity contribution in [2.75, 3.05) is 26.0 Å². The van der Waals surface area contributed by atoms with Crippen LogP contribution in [0.4, 0.5) is 10.5 Å². The normalized spacial score (nSPS) is 15.3. The van der Waals surface area contributed by atoms with Gasteiger partial charge in [-0.2, -0.15) is 0 Å². The smallest absolute Gasteiger partial charge is 0.319 e. The molecule has 2 heterocycles. The minimum absolute atomic E-state index is 0.0325. The molecule has 3 aromatic rings. The number of nitrogens with zero attached hydrogens (tertiary/aromatic N) is 2. The van der Waals surface area contributed by atoms with Crippen LogP contribution in [-0.2, 0) is 0 Å². The van der Waals surface area contributed by atoms with Gasteiger partial charge in [0.2, 0.25) is 0 Å². The van der Waals surface area contributed by atoms with Crippen LogP contribution in [0.1, 0.15) is 36.5 Å². The Balaban J connectivity index is 1.38. The van der Waals surface area contributed by atoms with Gasteiger partial charge in [-0.25, -0.2) is 9.78 Å². The SMILES string of the molecule is CN(C)[C@@H](CNC(=O)Nc1ccc2oc(C3CC3)nc2c1)c1ccco1. The van der Waals surface area contributed by atoms with Crippen molar-refractivity contribution in [3.63, 3.8) is 0 Å². The molecule has 0 aliphatic heterocycles. The first-order chi connectivity index (χ1) is 12.6. The number of hydrogen-bond acceptors (Lipinski definition) is 5. The zero-order valence-electron chi connectivity index (χ0n) is 14.9. The standard InChI is InChI=1S/C19H22N4O3/c1-23(2)15(17-4-3-9-25-17)11-20-19(24)21-13-7-8-16-14(10-13)22-18(26-16)12-5-6-12/h3-4,7-10,12,15H,5-6,11H2,1-2H3,(H2,20,21,24)/t15-/m0/s1. The lowest BCUT2D eigenvalue weighted by Crippen LogP contribution is -2.36. The number of oxazole rings is 1. The number of anilines is 1. The molecule has 1 fully saturated rings. The van der Waals surface area contributed by atoms with Crippen LogP contribution in [0.2, 0.25) is 0 Å². The van der Waals surface area contributed by atoms with Gasteiger partial charge >= 0.3 is 6.03 Å². The third kappa shape index (κ3) is 3.57. The predicted octanol–water partition coefficient (Wildman–Crippen LogP) is 3.72. The molecule has 7 nitrogen and oxygen atoms in total. The predicted molar refractivity (Wildman–Crippen MR) is 98.1 cm³/mol. The highest BCUT2D eigenvalue weighted by Gasteiger charge is 2.28. The molecule has 0 spiro atoms. The average Bonchev–Trinajstić information content (AvgIpc) is 3.15. The number of aromatic nitrogens is 1. The molecule has 136 valence electrons. The summed E-state index contributed by atoms with van der Waals surface area (Å²) in [5, 5.41) is 5.73. The summed E-state index contributed by atoms with van der Waals surface area (Å²) >= 11 is 0. The van der Waals surface area contributed by atoms with Gasteiger partial charge in [0.05, 0.1) is 12.3 Å². The quantitative estimate of drug-likeness (QED) is 0.705. The van der Waals surface area contributed by atoms with E-state index in [2.05, 4.69) is 15.6 Å². The van der Waals surface area contributed by atoms with Crippen LogP contribution in [0.3, 0.4) is 0 Å². The number of likely N-dealkylation sites (N-methyl/N-ethyl adjacent to an activating group) is 1. The molecule has 1 saturated carbocycles. The van der Waals surface area contributed by atoms with E-state index in [1.165, 1.54) is 0 Å². The molecule has 1 aliphatic carbocycles. The molecule has 0 saturated heterocycles. The highest BCUT2D eigenvalue weighted by atomic mass is 16.3. The lowest BCUT2D eigenvalue weighted by atomic mass is 10.2. The number of amides is 2. The van der Waals surface area contributed by atoms with Gasteiger partial charge in [0.1, 0.15) is 11.3 Å². The first kappa shape index (κ1) is 16.7. The van der Waals surface area contributed by atoms with Crippen molar-refractivity contribution in [1.29, 1.82) is 0 Å². The van der Waals surface area contributed by atoms with E-state index in [4.69, 9.17) is 8.83 Å². The minimum atomic E-state index is -0.270. The molecule has 2 aromatic heterocycles. The monoisotopic (exact) mass is 354 g/mol. The van der Waals surface area contributed by atoms with Crippen molar-refractivity contribution in [2.24, 2.45) is 0 Å². The molecule has 0 bridgehead atoms. The molecule has 0 radical (unpaired) electrons. The fraction of sp³-hybridized carbons (Fsp3) is 0.368. The van der Waals surface area contributed by atoms with E-state index in [0.29, 0.717) is 18.2 Å². The molecule has 0 unspecified atom stereocenters. The van der Waals surface area contributed by atoms with Gasteiger partial charge < -0.3 is 19.5 Å². The Kier molecular flexibility index (Phi) is 4.38. The van der Waals surface area contributed by atoms with Crippen LogP contribution in [0, 0.1) is 0 Å². The molecule has 4 rings (SSSR count). The van der Waals surface area contributed by atoms with Gasteiger partial charge in [0, 0.05) is 18.2 Å². The summed E-state index contributed by atoms with van der Waals surface area (Å²) in [6.45, 7) is 0.435. The zero-order valence-corrected chi connectivity index (χ0v) is 14.9. The van der Waals surface area contributed by atoms with Gasteiger partial charge in [-0.3, -0.25) is 4.90 Å². The molecule has 2 amide bonds. The maximum Gasteiger partial charge on any atom is 0.319 e. The summed E-state index contributed by atoms with van der Waals surface area (Å²) in [6.07, 6.45) is 3.92. The molecule has 26 heavy (non-hydrogen) atoms. The summed E-state index contributed by atoms with van der Waals surface area (Å²) in [5.74, 6) is 2.08. The maximum atomic E-state index is 12.3. The van der Waals surface area contributed by atoms with Crippen molar-refractivity contribution >= 4 is 22.8 Å². The van der Waals surface area contributed by atoms with Gasteiger partial charge in [-0.1, -0.05) is 0 Å². The van der Waals surface area contributed by atoms with E-state index in [1.807, 2.05) is 49.3 Å². The Labute approximate surface area is 151 Å². The minimum Gasteiger partial charge on any atom is -0.468 e. The van der Waals surface area contributed by atoms with Crippen molar-refractivity contribution in [3.05, 3.63) is 48.2 Å². The Morgan fingerprint density at radius 1 is 1.35 bits per heavy atom. The molecule has 1 atom stereocenters. The summed E-state index contributed by atoms with van der Waals surface area (Å²) in [5.41, 5.74) is 2.21. The molecule has 1 aromatic carbocycles. The van der Waals surface area contributed by atoms with Crippen LogP contribution in [-0.4, -0.2) is 36.6 Å². The Morgan fingerprint density at radius 2 is 2.19 bits per heavy atom. The molecule has 2 N–H and O–H groups in total. The average molecular weight is 354 g/mol. The Hall–Kier alpha value is -2.80. The van der Waals surface area contributed by atoms with Crippen molar-refractivity contribution in [1.82, 2.24) is 15.2 Å². The van der Waals surface area contributed by atoms with E-state index in [-0.39, 0.29) is 12.1 Å². The van der Waals surface area contributed by atoms with Crippen LogP contribution in [0.5, 0.6) is 0 Å². The van der Waals surface area contributed by atoms with Crippen LogP contribution < -0.4 is 10.6 Å². The Bertz CT molecular complexity index is 897. The first-order valence-electron chi connectivity index (χ1n) is 8.75. The maximum absolute atomic E-state index is 12.3. The topological polar surface area (TPSA) is 83.5 Å². The highest BCUT2D eigenvalue weighted by molar-refractivity contribution is 5.91. The van der Waals surface area contributed by atoms with Gasteiger partial charge in [-0.15, -0.1) is 0 Å². The number of rotatable bonds is 6. The third-order valence-electron chi connectivity index (χ3n) is 4.54. The van der Waals surface area contributed by atoms with E-state index >= 15 is 0 Å². The largest absolute Gasteiger partial charge is 0.468 e. The second-order valence-electron chi connectivity index (χ2n) is 6.84. The van der Waals surface area contributed by atoms with Crippen LogP contribution in [0.25, 0.3) is 11.1 Å². The lowest BCUT2D eigenvalue weighted by Gasteiger charge is -2.22. The highest BCUT2D eigenvalue weighted by Crippen LogP contribution is 2.40. The summed E-state index contributed by atoms with van der Waals surface area (Å²) in [6, 6.07) is 8.94. The fourth-order valence-electron chi connectivity index (χ4n) is 2.91. The fourth-order valence-corrected chi connectivity index (χ4v) is 2.91. The number of fused-ring (bicyclic) bond motifs is 1. The lowest BCUT2D eigenvalue weighted by molar-refractivity contribution is 0.233. The first-order valence-corrected chi connectivity index (χ1v) is 8.75. The summed E-state index contributed by atoms with van der Waals surface area (Å²) < 4.78 is 11.2. The molecular formula is C19H22N4O3. The van der Waals surface area contributed by atoms with Crippen molar-refractivity contribution < 1.29 is 13.6 Å². The molecule has 7 heteroatoms.